The van der Waals surface area contributed by atoms with Gasteiger partial charge >= 0.3 is 5.97 Å². The highest BCUT2D eigenvalue weighted by molar-refractivity contribution is 6.32. The van der Waals surface area contributed by atoms with Crippen LogP contribution in [0.3, 0.4) is 0 Å². The van der Waals surface area contributed by atoms with Crippen LogP contribution in [-0.2, 0) is 9.59 Å². The van der Waals surface area contributed by atoms with Crippen LogP contribution in [-0.4, -0.2) is 28.6 Å². The number of para-hydroxylation sites is 1. The average molecular weight is 312 g/mol. The molecule has 1 saturated carbocycles. The Balaban J connectivity index is 2.05. The molecule has 1 aliphatic rings. The number of rotatable bonds is 6. The van der Waals surface area contributed by atoms with Gasteiger partial charge in [0.2, 0.25) is 0 Å². The first kappa shape index (κ1) is 15.6. The van der Waals surface area contributed by atoms with Crippen molar-refractivity contribution in [3.63, 3.8) is 0 Å². The van der Waals surface area contributed by atoms with Crippen LogP contribution in [0, 0.1) is 0 Å². The zero-order chi connectivity index (χ0) is 15.5. The molecule has 0 aromatic heterocycles. The van der Waals surface area contributed by atoms with Gasteiger partial charge in [0.05, 0.1) is 5.02 Å². The number of carbonyl (C=O) groups excluding carboxylic acids is 1. The molecule has 2 N–H and O–H groups in total. The number of hydrogen-bond donors (Lipinski definition) is 2. The van der Waals surface area contributed by atoms with Gasteiger partial charge in [0.15, 0.2) is 6.10 Å². The van der Waals surface area contributed by atoms with E-state index in [1.165, 1.54) is 0 Å². The fourth-order valence-corrected chi connectivity index (χ4v) is 2.44. The minimum atomic E-state index is -1.13. The Morgan fingerprint density at radius 3 is 2.57 bits per heavy atom. The zero-order valence-corrected chi connectivity index (χ0v) is 12.5. The highest BCUT2D eigenvalue weighted by atomic mass is 35.5. The zero-order valence-electron chi connectivity index (χ0n) is 11.8. The van der Waals surface area contributed by atoms with Crippen LogP contribution >= 0.6 is 11.6 Å². The minimum Gasteiger partial charge on any atom is -0.480 e. The Morgan fingerprint density at radius 1 is 1.43 bits per heavy atom. The maximum atomic E-state index is 12.3. The molecule has 0 saturated heterocycles. The molecule has 0 heterocycles. The third-order valence-electron chi connectivity index (χ3n) is 3.75. The lowest BCUT2D eigenvalue weighted by Crippen LogP contribution is -2.61. The molecule has 6 heteroatoms. The van der Waals surface area contributed by atoms with Gasteiger partial charge in [-0.1, -0.05) is 30.7 Å². The number of benzene rings is 1. The molecule has 1 aliphatic carbocycles. The van der Waals surface area contributed by atoms with Gasteiger partial charge in [-0.15, -0.1) is 0 Å². The molecular formula is C15H18ClNO4. The summed E-state index contributed by atoms with van der Waals surface area (Å²) in [4.78, 5) is 23.5. The first-order chi connectivity index (χ1) is 9.98. The van der Waals surface area contributed by atoms with Crippen LogP contribution in [0.25, 0.3) is 0 Å². The molecule has 5 nitrogen and oxygen atoms in total. The molecule has 0 bridgehead atoms. The van der Waals surface area contributed by atoms with E-state index in [2.05, 4.69) is 5.32 Å². The number of aliphatic carboxylic acids is 1. The van der Waals surface area contributed by atoms with Crippen LogP contribution < -0.4 is 10.1 Å². The maximum Gasteiger partial charge on any atom is 0.329 e. The second kappa shape index (κ2) is 6.35. The van der Waals surface area contributed by atoms with E-state index in [9.17, 15) is 14.7 Å². The maximum absolute atomic E-state index is 12.3. The number of hydrogen-bond acceptors (Lipinski definition) is 3. The fourth-order valence-electron chi connectivity index (χ4n) is 2.25. The molecule has 1 unspecified atom stereocenters. The quantitative estimate of drug-likeness (QED) is 0.847. The molecule has 0 aliphatic heterocycles. The summed E-state index contributed by atoms with van der Waals surface area (Å²) in [6.45, 7) is 1.80. The Labute approximate surface area is 128 Å². The summed E-state index contributed by atoms with van der Waals surface area (Å²) in [6, 6.07) is 6.88. The van der Waals surface area contributed by atoms with Crippen molar-refractivity contribution >= 4 is 23.5 Å². The second-order valence-electron chi connectivity index (χ2n) is 5.18. The van der Waals surface area contributed by atoms with Crippen molar-refractivity contribution in [1.82, 2.24) is 5.32 Å². The van der Waals surface area contributed by atoms with Crippen LogP contribution in [0.1, 0.15) is 32.6 Å². The summed E-state index contributed by atoms with van der Waals surface area (Å²) < 4.78 is 5.61. The number of carboxylic acids is 1. The first-order valence-electron chi connectivity index (χ1n) is 6.95. The van der Waals surface area contributed by atoms with Gasteiger partial charge in [-0.3, -0.25) is 4.79 Å². The van der Waals surface area contributed by atoms with Gasteiger partial charge in [-0.05, 0) is 37.8 Å². The Hall–Kier alpha value is -1.75. The summed E-state index contributed by atoms with van der Waals surface area (Å²) >= 11 is 6.00. The summed E-state index contributed by atoms with van der Waals surface area (Å²) in [5, 5.41) is 12.3. The third-order valence-corrected chi connectivity index (χ3v) is 4.06. The van der Waals surface area contributed by atoms with E-state index in [4.69, 9.17) is 16.3 Å². The molecule has 2 rings (SSSR count). The second-order valence-corrected chi connectivity index (χ2v) is 5.58. The molecule has 1 fully saturated rings. The van der Waals surface area contributed by atoms with Gasteiger partial charge in [0.1, 0.15) is 11.3 Å². The Bertz CT molecular complexity index is 542. The molecule has 0 spiro atoms. The molecular weight excluding hydrogens is 294 g/mol. The predicted octanol–water partition coefficient (Wildman–Crippen LogP) is 2.62. The van der Waals surface area contributed by atoms with E-state index in [-0.39, 0.29) is 0 Å². The molecule has 114 valence electrons. The van der Waals surface area contributed by atoms with Crippen molar-refractivity contribution in [3.05, 3.63) is 29.3 Å². The molecule has 1 atom stereocenters. The number of halogens is 1. The molecule has 1 aromatic rings. The number of ether oxygens (including phenoxy) is 1. The molecule has 1 amide bonds. The van der Waals surface area contributed by atoms with Crippen LogP contribution in [0.4, 0.5) is 0 Å². The summed E-state index contributed by atoms with van der Waals surface area (Å²) in [5.41, 5.74) is -1.13. The van der Waals surface area contributed by atoms with Crippen molar-refractivity contribution < 1.29 is 19.4 Å². The van der Waals surface area contributed by atoms with Gasteiger partial charge in [-0.25, -0.2) is 4.79 Å². The van der Waals surface area contributed by atoms with Crippen molar-refractivity contribution in [3.8, 4) is 5.75 Å². The molecule has 0 radical (unpaired) electrons. The van der Waals surface area contributed by atoms with Crippen molar-refractivity contribution in [2.75, 3.05) is 0 Å². The monoisotopic (exact) mass is 311 g/mol. The third kappa shape index (κ3) is 3.29. The highest BCUT2D eigenvalue weighted by Gasteiger charge is 2.46. The Kier molecular flexibility index (Phi) is 4.73. The smallest absolute Gasteiger partial charge is 0.329 e. The topological polar surface area (TPSA) is 75.6 Å². The summed E-state index contributed by atoms with van der Waals surface area (Å²) in [7, 11) is 0. The number of carbonyl (C=O) groups is 2. The van der Waals surface area contributed by atoms with E-state index >= 15 is 0 Å². The normalized spacial score (nSPS) is 17.4. The molecule has 1 aromatic carbocycles. The standard InChI is InChI=1S/C15H18ClNO4/c1-2-11(21-12-7-4-3-6-10(12)16)13(18)17-15(14(19)20)8-5-9-15/h3-4,6-7,11H,2,5,8-9H2,1H3,(H,17,18)(H,19,20). The van der Waals surface area contributed by atoms with E-state index in [1.54, 1.807) is 31.2 Å². The Morgan fingerprint density at radius 2 is 2.10 bits per heavy atom. The average Bonchev–Trinajstić information content (AvgIpc) is 2.41. The van der Waals surface area contributed by atoms with Crippen LogP contribution in [0.5, 0.6) is 5.75 Å². The largest absolute Gasteiger partial charge is 0.480 e. The lowest BCUT2D eigenvalue weighted by Gasteiger charge is -2.39. The van der Waals surface area contributed by atoms with Gasteiger partial charge in [-0.2, -0.15) is 0 Å². The minimum absolute atomic E-state index is 0.416. The number of carboxylic acid groups (broad SMARTS) is 1. The van der Waals surface area contributed by atoms with Gasteiger partial charge < -0.3 is 15.2 Å². The van der Waals surface area contributed by atoms with Gasteiger partial charge in [0.25, 0.3) is 5.91 Å². The van der Waals surface area contributed by atoms with E-state index < -0.39 is 23.5 Å². The van der Waals surface area contributed by atoms with Crippen molar-refractivity contribution in [2.24, 2.45) is 0 Å². The first-order valence-corrected chi connectivity index (χ1v) is 7.33. The van der Waals surface area contributed by atoms with Gasteiger partial charge in [0, 0.05) is 0 Å². The summed E-state index contributed by atoms with van der Waals surface area (Å²) in [6.07, 6.45) is 1.37. The fraction of sp³-hybridized carbons (Fsp3) is 0.467. The van der Waals surface area contributed by atoms with E-state index in [1.807, 2.05) is 0 Å². The SMILES string of the molecule is CCC(Oc1ccccc1Cl)C(=O)NC1(C(=O)O)CCC1. The number of nitrogens with one attached hydrogen (secondary N) is 1. The van der Waals surface area contributed by atoms with Crippen molar-refractivity contribution in [1.29, 1.82) is 0 Å². The highest BCUT2D eigenvalue weighted by Crippen LogP contribution is 2.32. The molecule has 21 heavy (non-hydrogen) atoms. The van der Waals surface area contributed by atoms with Crippen molar-refractivity contribution in [2.45, 2.75) is 44.2 Å². The lowest BCUT2D eigenvalue weighted by atomic mass is 9.76. The predicted molar refractivity (Wildman–Crippen MR) is 78.5 cm³/mol. The number of amides is 1. The van der Waals surface area contributed by atoms with Crippen LogP contribution in [0.15, 0.2) is 24.3 Å². The van der Waals surface area contributed by atoms with E-state index in [0.717, 1.165) is 6.42 Å². The summed E-state index contributed by atoms with van der Waals surface area (Å²) in [5.74, 6) is -0.992. The van der Waals surface area contributed by atoms with E-state index in [0.29, 0.717) is 30.0 Å². The van der Waals surface area contributed by atoms with Crippen LogP contribution in [0.2, 0.25) is 5.02 Å². The lowest BCUT2D eigenvalue weighted by molar-refractivity contribution is -0.153.